The van der Waals surface area contributed by atoms with E-state index in [-0.39, 0.29) is 36.7 Å². The van der Waals surface area contributed by atoms with Crippen LogP contribution in [0.2, 0.25) is 0 Å². The number of carbonyl (C=O) groups is 4. The van der Waals surface area contributed by atoms with Crippen LogP contribution in [0.1, 0.15) is 65.7 Å². The molecular formula is C27H35N3O8. The second kappa shape index (κ2) is 11.9. The molecule has 1 aromatic rings. The Kier molecular flexibility index (Phi) is 8.37. The van der Waals surface area contributed by atoms with E-state index >= 15 is 0 Å². The largest absolute Gasteiger partial charge is 0.393 e. The fourth-order valence-corrected chi connectivity index (χ4v) is 5.40. The number of benzene rings is 1. The summed E-state index contributed by atoms with van der Waals surface area (Å²) in [5.74, 6) is -1.99. The van der Waals surface area contributed by atoms with Gasteiger partial charge in [0.2, 0.25) is 11.8 Å². The Morgan fingerprint density at radius 3 is 2.34 bits per heavy atom. The van der Waals surface area contributed by atoms with Crippen LogP contribution in [0.5, 0.6) is 0 Å². The van der Waals surface area contributed by atoms with Gasteiger partial charge in [-0.1, -0.05) is 0 Å². The molecule has 2 N–H and O–H groups in total. The van der Waals surface area contributed by atoms with E-state index < -0.39 is 29.7 Å². The molecule has 11 heteroatoms. The number of imide groups is 2. The van der Waals surface area contributed by atoms with Gasteiger partial charge in [-0.05, 0) is 56.7 Å². The van der Waals surface area contributed by atoms with E-state index in [1.54, 1.807) is 12.1 Å². The molecule has 3 fully saturated rings. The van der Waals surface area contributed by atoms with E-state index in [0.717, 1.165) is 55.8 Å². The molecule has 0 bridgehead atoms. The van der Waals surface area contributed by atoms with Crippen molar-refractivity contribution in [2.75, 3.05) is 44.4 Å². The predicted octanol–water partition coefficient (Wildman–Crippen LogP) is 1.02. The minimum absolute atomic E-state index is 0.0972. The van der Waals surface area contributed by atoms with Gasteiger partial charge in [-0.2, -0.15) is 0 Å². The van der Waals surface area contributed by atoms with E-state index in [1.165, 1.54) is 0 Å². The van der Waals surface area contributed by atoms with Crippen LogP contribution in [0.15, 0.2) is 18.2 Å². The van der Waals surface area contributed by atoms with Crippen LogP contribution in [-0.4, -0.2) is 97.5 Å². The summed E-state index contributed by atoms with van der Waals surface area (Å²) in [6.45, 7) is 3.86. The Hall–Kier alpha value is -2.86. The number of nitrogens with one attached hydrogen (secondary N) is 1. The van der Waals surface area contributed by atoms with Gasteiger partial charge in [0.05, 0.1) is 42.7 Å². The number of aliphatic hydroxyl groups excluding tert-OH is 1. The molecule has 0 radical (unpaired) electrons. The highest BCUT2D eigenvalue weighted by Crippen LogP contribution is 2.31. The van der Waals surface area contributed by atoms with Gasteiger partial charge in [0.25, 0.3) is 11.8 Å². The zero-order valence-electron chi connectivity index (χ0n) is 21.4. The smallest absolute Gasteiger partial charge is 0.262 e. The van der Waals surface area contributed by atoms with Crippen LogP contribution in [0.4, 0.5) is 5.69 Å². The Labute approximate surface area is 221 Å². The monoisotopic (exact) mass is 529 g/mol. The minimum Gasteiger partial charge on any atom is -0.393 e. The van der Waals surface area contributed by atoms with Gasteiger partial charge in [0.1, 0.15) is 6.04 Å². The third-order valence-corrected chi connectivity index (χ3v) is 7.67. The van der Waals surface area contributed by atoms with Crippen molar-refractivity contribution in [3.63, 3.8) is 0 Å². The number of rotatable bonds is 11. The number of anilines is 1. The highest BCUT2D eigenvalue weighted by atomic mass is 16.5. The molecule has 206 valence electrons. The average molecular weight is 530 g/mol. The number of ether oxygens (including phenoxy) is 3. The first kappa shape index (κ1) is 26.7. The molecule has 1 aliphatic carbocycles. The lowest BCUT2D eigenvalue weighted by Crippen LogP contribution is -2.54. The van der Waals surface area contributed by atoms with Crippen LogP contribution in [0.3, 0.4) is 0 Å². The number of nitrogens with zero attached hydrogens (tertiary/aromatic N) is 2. The molecule has 3 aliphatic heterocycles. The fourth-order valence-electron chi connectivity index (χ4n) is 5.40. The average Bonchev–Trinajstić information content (AvgIpc) is 3.14. The zero-order chi connectivity index (χ0) is 26.6. The molecule has 1 unspecified atom stereocenters. The third kappa shape index (κ3) is 5.90. The Morgan fingerprint density at radius 1 is 0.868 bits per heavy atom. The van der Waals surface area contributed by atoms with Gasteiger partial charge in [0, 0.05) is 38.4 Å². The molecule has 5 rings (SSSR count). The number of carbonyl (C=O) groups excluding carboxylic acids is 4. The summed E-state index contributed by atoms with van der Waals surface area (Å²) in [6.07, 6.45) is 4.37. The van der Waals surface area contributed by atoms with Crippen molar-refractivity contribution in [1.29, 1.82) is 0 Å². The molecule has 0 spiro atoms. The maximum atomic E-state index is 13.1. The van der Waals surface area contributed by atoms with Crippen LogP contribution in [0.25, 0.3) is 0 Å². The molecule has 4 aliphatic rings. The quantitative estimate of drug-likeness (QED) is 0.318. The first-order valence-corrected chi connectivity index (χ1v) is 13.5. The summed E-state index contributed by atoms with van der Waals surface area (Å²) in [4.78, 5) is 52.9. The summed E-state index contributed by atoms with van der Waals surface area (Å²) in [5.41, 5.74) is 1.44. The Morgan fingerprint density at radius 2 is 1.61 bits per heavy atom. The highest BCUT2D eigenvalue weighted by Gasteiger charge is 2.44. The summed E-state index contributed by atoms with van der Waals surface area (Å²) in [5, 5.41) is 11.5. The lowest BCUT2D eigenvalue weighted by Gasteiger charge is -2.33. The zero-order valence-corrected chi connectivity index (χ0v) is 21.4. The van der Waals surface area contributed by atoms with Crippen LogP contribution < -0.4 is 10.2 Å². The molecule has 3 heterocycles. The first-order valence-electron chi connectivity index (χ1n) is 13.5. The van der Waals surface area contributed by atoms with Crippen LogP contribution >= 0.6 is 0 Å². The molecule has 4 amide bonds. The van der Waals surface area contributed by atoms with Gasteiger partial charge in [-0.3, -0.25) is 29.4 Å². The Bertz CT molecular complexity index is 1060. The lowest BCUT2D eigenvalue weighted by molar-refractivity contribution is -0.136. The van der Waals surface area contributed by atoms with Crippen molar-refractivity contribution in [2.45, 2.75) is 69.3 Å². The molecule has 0 aromatic heterocycles. The molecule has 1 atom stereocenters. The number of amides is 4. The molecule has 38 heavy (non-hydrogen) atoms. The van der Waals surface area contributed by atoms with Gasteiger partial charge in [-0.15, -0.1) is 0 Å². The van der Waals surface area contributed by atoms with Gasteiger partial charge in [0.15, 0.2) is 0 Å². The van der Waals surface area contributed by atoms with Crippen molar-refractivity contribution in [1.82, 2.24) is 10.2 Å². The lowest BCUT2D eigenvalue weighted by atomic mass is 9.92. The summed E-state index contributed by atoms with van der Waals surface area (Å²) in [7, 11) is 0. The van der Waals surface area contributed by atoms with Crippen molar-refractivity contribution in [3.8, 4) is 0 Å². The number of aliphatic hydroxyl groups is 1. The van der Waals surface area contributed by atoms with Gasteiger partial charge < -0.3 is 24.2 Å². The summed E-state index contributed by atoms with van der Waals surface area (Å²) < 4.78 is 17.2. The second-order valence-electron chi connectivity index (χ2n) is 10.3. The highest BCUT2D eigenvalue weighted by molar-refractivity contribution is 6.23. The van der Waals surface area contributed by atoms with E-state index in [1.807, 2.05) is 6.07 Å². The molecular weight excluding hydrogens is 494 g/mol. The number of piperidine rings is 2. The fraction of sp³-hybridized carbons (Fsp3) is 0.630. The van der Waals surface area contributed by atoms with Crippen LogP contribution in [-0.2, 0) is 23.8 Å². The van der Waals surface area contributed by atoms with E-state index in [0.29, 0.717) is 32.0 Å². The SMILES string of the molecule is O=C1CCC(N2C(=O)c3ccc(N4CCC(OCCOCCCOC5CC(O)C5)CC4)cc3C2=O)C(=O)N1. The van der Waals surface area contributed by atoms with E-state index in [9.17, 15) is 24.3 Å². The number of hydrogen-bond acceptors (Lipinski definition) is 9. The standard InChI is InChI=1S/C27H35N3O8/c31-18-15-20(16-18)37-11-1-10-36-12-13-38-19-6-8-29(9-7-19)17-2-3-21-22(14-17)27(35)30(26(21)34)23-4-5-24(32)28-25(23)33/h2-3,14,18-20,23,31H,1,4-13,15-16H2,(H,28,32,33). The van der Waals surface area contributed by atoms with E-state index in [2.05, 4.69) is 10.2 Å². The van der Waals surface area contributed by atoms with Gasteiger partial charge in [-0.25, -0.2) is 0 Å². The molecule has 1 aromatic carbocycles. The molecule has 11 nitrogen and oxygen atoms in total. The van der Waals surface area contributed by atoms with Gasteiger partial charge >= 0.3 is 0 Å². The van der Waals surface area contributed by atoms with Crippen LogP contribution in [0, 0.1) is 0 Å². The Balaban J connectivity index is 1.03. The van der Waals surface area contributed by atoms with Crippen molar-refractivity contribution < 1.29 is 38.5 Å². The number of fused-ring (bicyclic) bond motifs is 1. The number of hydrogen-bond donors (Lipinski definition) is 2. The maximum Gasteiger partial charge on any atom is 0.262 e. The maximum absolute atomic E-state index is 13.1. The predicted molar refractivity (Wildman–Crippen MR) is 135 cm³/mol. The molecule has 1 saturated carbocycles. The van der Waals surface area contributed by atoms with Crippen molar-refractivity contribution >= 4 is 29.3 Å². The third-order valence-electron chi connectivity index (χ3n) is 7.67. The minimum atomic E-state index is -0.962. The van der Waals surface area contributed by atoms with E-state index in [4.69, 9.17) is 14.2 Å². The second-order valence-corrected chi connectivity index (χ2v) is 10.3. The topological polar surface area (TPSA) is 135 Å². The molecule has 2 saturated heterocycles. The summed E-state index contributed by atoms with van der Waals surface area (Å²) in [6, 6.07) is 4.25. The summed E-state index contributed by atoms with van der Waals surface area (Å²) >= 11 is 0. The first-order chi connectivity index (χ1) is 18.4. The van der Waals surface area contributed by atoms with Crippen molar-refractivity contribution in [2.24, 2.45) is 0 Å². The van der Waals surface area contributed by atoms with Crippen molar-refractivity contribution in [3.05, 3.63) is 29.3 Å². The normalized spacial score (nSPS) is 26.0.